The molecular formula is C9H17N3O2. The first-order valence-electron chi connectivity index (χ1n) is 4.89. The molecule has 5 heteroatoms. The minimum Gasteiger partial charge on any atom is -0.351 e. The van der Waals surface area contributed by atoms with Crippen molar-refractivity contribution in [3.63, 3.8) is 0 Å². The smallest absolute Gasteiger partial charge is 0.318 e. The topological polar surface area (TPSA) is 84.2 Å². The van der Waals surface area contributed by atoms with E-state index in [1.165, 1.54) is 12.8 Å². The number of carbonyl (C=O) groups excluding carboxylic acids is 2. The summed E-state index contributed by atoms with van der Waals surface area (Å²) in [4.78, 5) is 21.2. The highest BCUT2D eigenvalue weighted by Crippen LogP contribution is 2.35. The molecule has 3 amide bonds. The molecule has 0 saturated heterocycles. The van der Waals surface area contributed by atoms with E-state index in [2.05, 4.69) is 12.2 Å². The number of imide groups is 1. The standard InChI is InChI=1S/C9H17N3O2/c1-6(7-2-3-7)4-11-5-8(13)12-9(10)14/h6-7,11H,2-5H2,1H3,(H3,10,12,13,14). The molecule has 1 aliphatic carbocycles. The van der Waals surface area contributed by atoms with Gasteiger partial charge in [-0.2, -0.15) is 0 Å². The van der Waals surface area contributed by atoms with Crippen molar-refractivity contribution >= 4 is 11.9 Å². The van der Waals surface area contributed by atoms with Crippen molar-refractivity contribution in [2.45, 2.75) is 19.8 Å². The van der Waals surface area contributed by atoms with E-state index in [-0.39, 0.29) is 12.5 Å². The second-order valence-electron chi connectivity index (χ2n) is 3.86. The van der Waals surface area contributed by atoms with Gasteiger partial charge in [-0.3, -0.25) is 10.1 Å². The molecule has 0 aliphatic heterocycles. The first-order chi connectivity index (χ1) is 6.59. The molecule has 14 heavy (non-hydrogen) atoms. The van der Waals surface area contributed by atoms with E-state index in [1.54, 1.807) is 0 Å². The number of hydrogen-bond donors (Lipinski definition) is 3. The molecule has 0 aromatic rings. The summed E-state index contributed by atoms with van der Waals surface area (Å²) >= 11 is 0. The lowest BCUT2D eigenvalue weighted by Crippen LogP contribution is -2.41. The molecule has 1 unspecified atom stereocenters. The molecule has 1 aliphatic rings. The van der Waals surface area contributed by atoms with Crippen LogP contribution in [0.25, 0.3) is 0 Å². The monoisotopic (exact) mass is 199 g/mol. The summed E-state index contributed by atoms with van der Waals surface area (Å²) < 4.78 is 0. The number of nitrogens with one attached hydrogen (secondary N) is 2. The molecule has 1 rings (SSSR count). The van der Waals surface area contributed by atoms with Gasteiger partial charge in [0.25, 0.3) is 0 Å². The zero-order chi connectivity index (χ0) is 10.6. The average molecular weight is 199 g/mol. The van der Waals surface area contributed by atoms with Crippen LogP contribution in [0.3, 0.4) is 0 Å². The van der Waals surface area contributed by atoms with E-state index in [0.717, 1.165) is 12.5 Å². The summed E-state index contributed by atoms with van der Waals surface area (Å²) in [6.45, 7) is 3.13. The largest absolute Gasteiger partial charge is 0.351 e. The van der Waals surface area contributed by atoms with Gasteiger partial charge in [0.05, 0.1) is 6.54 Å². The van der Waals surface area contributed by atoms with Crippen molar-refractivity contribution in [3.8, 4) is 0 Å². The van der Waals surface area contributed by atoms with Crippen LogP contribution in [0.2, 0.25) is 0 Å². The van der Waals surface area contributed by atoms with Crippen LogP contribution < -0.4 is 16.4 Å². The SMILES string of the molecule is CC(CNCC(=O)NC(N)=O)C1CC1. The Morgan fingerprint density at radius 1 is 1.50 bits per heavy atom. The summed E-state index contributed by atoms with van der Waals surface area (Å²) in [5, 5.41) is 4.99. The highest BCUT2D eigenvalue weighted by atomic mass is 16.2. The number of hydrogen-bond acceptors (Lipinski definition) is 3. The lowest BCUT2D eigenvalue weighted by molar-refractivity contribution is -0.119. The molecule has 4 N–H and O–H groups in total. The van der Waals surface area contributed by atoms with Crippen molar-refractivity contribution in [3.05, 3.63) is 0 Å². The molecule has 5 nitrogen and oxygen atoms in total. The summed E-state index contributed by atoms with van der Waals surface area (Å²) in [6.07, 6.45) is 2.60. The molecule has 0 aromatic carbocycles. The van der Waals surface area contributed by atoms with Crippen LogP contribution in [0.4, 0.5) is 4.79 Å². The number of rotatable bonds is 5. The van der Waals surface area contributed by atoms with Crippen LogP contribution in [-0.2, 0) is 4.79 Å². The minimum absolute atomic E-state index is 0.153. The van der Waals surface area contributed by atoms with E-state index < -0.39 is 6.03 Å². The maximum Gasteiger partial charge on any atom is 0.318 e. The Morgan fingerprint density at radius 2 is 2.14 bits per heavy atom. The fourth-order valence-electron chi connectivity index (χ4n) is 1.43. The van der Waals surface area contributed by atoms with Crippen LogP contribution >= 0.6 is 0 Å². The van der Waals surface area contributed by atoms with E-state index in [0.29, 0.717) is 5.92 Å². The Bertz CT molecular complexity index is 226. The number of primary amides is 1. The molecule has 0 radical (unpaired) electrons. The van der Waals surface area contributed by atoms with Crippen LogP contribution in [0.1, 0.15) is 19.8 Å². The summed E-state index contributed by atoms with van der Waals surface area (Å²) in [5.74, 6) is 1.05. The van der Waals surface area contributed by atoms with Gasteiger partial charge in [-0.05, 0) is 31.2 Å². The fraction of sp³-hybridized carbons (Fsp3) is 0.778. The van der Waals surface area contributed by atoms with Crippen molar-refractivity contribution in [1.82, 2.24) is 10.6 Å². The number of urea groups is 1. The van der Waals surface area contributed by atoms with Gasteiger partial charge >= 0.3 is 6.03 Å². The lowest BCUT2D eigenvalue weighted by atomic mass is 10.1. The average Bonchev–Trinajstić information content (AvgIpc) is 2.84. The van der Waals surface area contributed by atoms with E-state index in [9.17, 15) is 9.59 Å². The van der Waals surface area contributed by atoms with Gasteiger partial charge in [-0.15, -0.1) is 0 Å². The third-order valence-electron chi connectivity index (χ3n) is 2.44. The Labute approximate surface area is 83.4 Å². The molecule has 1 fully saturated rings. The highest BCUT2D eigenvalue weighted by Gasteiger charge is 2.27. The van der Waals surface area contributed by atoms with Crippen LogP contribution in [0.5, 0.6) is 0 Å². The normalized spacial score (nSPS) is 17.5. The number of carbonyl (C=O) groups is 2. The quantitative estimate of drug-likeness (QED) is 0.574. The lowest BCUT2D eigenvalue weighted by Gasteiger charge is -2.10. The van der Waals surface area contributed by atoms with E-state index in [1.807, 2.05) is 5.32 Å². The molecule has 1 saturated carbocycles. The highest BCUT2D eigenvalue weighted by molar-refractivity contribution is 5.94. The first-order valence-corrected chi connectivity index (χ1v) is 4.89. The van der Waals surface area contributed by atoms with Gasteiger partial charge in [-0.25, -0.2) is 4.79 Å². The van der Waals surface area contributed by atoms with Gasteiger partial charge in [0, 0.05) is 0 Å². The van der Waals surface area contributed by atoms with Crippen LogP contribution in [0.15, 0.2) is 0 Å². The van der Waals surface area contributed by atoms with Gasteiger partial charge in [0.2, 0.25) is 5.91 Å². The van der Waals surface area contributed by atoms with E-state index >= 15 is 0 Å². The summed E-state index contributed by atoms with van der Waals surface area (Å²) in [6, 6.07) is -0.799. The van der Waals surface area contributed by atoms with Gasteiger partial charge in [-0.1, -0.05) is 6.92 Å². The molecule has 0 bridgehead atoms. The molecule has 0 spiro atoms. The molecule has 1 atom stereocenters. The Kier molecular flexibility index (Phi) is 3.88. The minimum atomic E-state index is -0.799. The summed E-state index contributed by atoms with van der Waals surface area (Å²) in [7, 11) is 0. The zero-order valence-electron chi connectivity index (χ0n) is 8.38. The maximum atomic E-state index is 10.9. The first kappa shape index (κ1) is 11.0. The van der Waals surface area contributed by atoms with Crippen molar-refractivity contribution < 1.29 is 9.59 Å². The van der Waals surface area contributed by atoms with Crippen molar-refractivity contribution in [2.75, 3.05) is 13.1 Å². The maximum absolute atomic E-state index is 10.9. The molecular weight excluding hydrogens is 182 g/mol. The van der Waals surface area contributed by atoms with Gasteiger partial charge in [0.15, 0.2) is 0 Å². The second-order valence-corrected chi connectivity index (χ2v) is 3.86. The van der Waals surface area contributed by atoms with Crippen molar-refractivity contribution in [1.29, 1.82) is 0 Å². The Balaban J connectivity index is 2.02. The summed E-state index contributed by atoms with van der Waals surface area (Å²) in [5.41, 5.74) is 4.78. The molecule has 80 valence electrons. The predicted molar refractivity (Wildman–Crippen MR) is 52.5 cm³/mol. The number of nitrogens with two attached hydrogens (primary N) is 1. The Hall–Kier alpha value is -1.10. The van der Waals surface area contributed by atoms with E-state index in [4.69, 9.17) is 5.73 Å². The van der Waals surface area contributed by atoms with Gasteiger partial charge < -0.3 is 11.1 Å². The van der Waals surface area contributed by atoms with Crippen molar-refractivity contribution in [2.24, 2.45) is 17.6 Å². The van der Waals surface area contributed by atoms with Crippen LogP contribution in [-0.4, -0.2) is 25.0 Å². The second kappa shape index (κ2) is 4.95. The third-order valence-corrected chi connectivity index (χ3v) is 2.44. The van der Waals surface area contributed by atoms with Gasteiger partial charge in [0.1, 0.15) is 0 Å². The number of amides is 3. The predicted octanol–water partition coefficient (Wildman–Crippen LogP) is -0.183. The fourth-order valence-corrected chi connectivity index (χ4v) is 1.43. The Morgan fingerprint density at radius 3 is 2.64 bits per heavy atom. The molecule has 0 aromatic heterocycles. The zero-order valence-corrected chi connectivity index (χ0v) is 8.38. The van der Waals surface area contributed by atoms with Crippen LogP contribution in [0, 0.1) is 11.8 Å². The third kappa shape index (κ3) is 4.23. The molecule has 0 heterocycles.